The van der Waals surface area contributed by atoms with E-state index in [4.69, 9.17) is 4.52 Å². The van der Waals surface area contributed by atoms with Gasteiger partial charge >= 0.3 is 0 Å². The van der Waals surface area contributed by atoms with E-state index in [2.05, 4.69) is 28.9 Å². The zero-order valence-corrected chi connectivity index (χ0v) is 16.9. The van der Waals surface area contributed by atoms with E-state index in [-0.39, 0.29) is 12.5 Å². The van der Waals surface area contributed by atoms with Crippen molar-refractivity contribution in [3.63, 3.8) is 0 Å². The molecule has 4 aromatic rings. The van der Waals surface area contributed by atoms with Crippen molar-refractivity contribution in [2.24, 2.45) is 0 Å². The van der Waals surface area contributed by atoms with E-state index < -0.39 is 0 Å². The van der Waals surface area contributed by atoms with Gasteiger partial charge in [-0.25, -0.2) is 0 Å². The number of carbonyl (C=O) groups excluding carboxylic acids is 1. The van der Waals surface area contributed by atoms with Crippen LogP contribution in [0.3, 0.4) is 0 Å². The third-order valence-corrected chi connectivity index (χ3v) is 4.99. The largest absolute Gasteiger partial charge is 0.337 e. The van der Waals surface area contributed by atoms with E-state index in [1.165, 1.54) is 0 Å². The Bertz CT molecular complexity index is 1190. The van der Waals surface area contributed by atoms with Gasteiger partial charge in [-0.3, -0.25) is 4.79 Å². The van der Waals surface area contributed by atoms with Crippen molar-refractivity contribution in [3.05, 3.63) is 96.4 Å². The van der Waals surface area contributed by atoms with Gasteiger partial charge < -0.3 is 9.42 Å². The van der Waals surface area contributed by atoms with Gasteiger partial charge in [-0.2, -0.15) is 4.98 Å². The Labute approximate surface area is 175 Å². The second kappa shape index (κ2) is 8.74. The smallest absolute Gasteiger partial charge is 0.246 e. The summed E-state index contributed by atoms with van der Waals surface area (Å²) < 4.78 is 5.42. The maximum absolute atomic E-state index is 13.1. The molecule has 0 fully saturated rings. The highest BCUT2D eigenvalue weighted by Gasteiger charge is 2.18. The molecule has 0 spiro atoms. The van der Waals surface area contributed by atoms with Gasteiger partial charge in [0, 0.05) is 12.1 Å². The Morgan fingerprint density at radius 1 is 1.10 bits per heavy atom. The number of rotatable bonds is 7. The molecule has 4 rings (SSSR count). The Morgan fingerprint density at radius 2 is 1.90 bits per heavy atom. The minimum atomic E-state index is -0.0124. The molecule has 3 aromatic carbocycles. The van der Waals surface area contributed by atoms with Crippen LogP contribution in [-0.2, 0) is 17.8 Å². The number of aromatic nitrogens is 2. The molecule has 0 atom stereocenters. The number of benzene rings is 3. The Hall–Kier alpha value is -3.73. The lowest BCUT2D eigenvalue weighted by molar-refractivity contribution is -0.130. The van der Waals surface area contributed by atoms with E-state index >= 15 is 0 Å². The molecule has 0 radical (unpaired) electrons. The topological polar surface area (TPSA) is 59.2 Å². The van der Waals surface area contributed by atoms with E-state index in [0.29, 0.717) is 24.7 Å². The maximum Gasteiger partial charge on any atom is 0.246 e. The van der Waals surface area contributed by atoms with Crippen LogP contribution in [0.5, 0.6) is 0 Å². The first kappa shape index (κ1) is 19.6. The molecule has 0 aliphatic heterocycles. The molecule has 150 valence electrons. The molecule has 0 saturated carbocycles. The molecule has 0 N–H and O–H groups in total. The van der Waals surface area contributed by atoms with Crippen LogP contribution < -0.4 is 0 Å². The first-order valence-electron chi connectivity index (χ1n) is 9.89. The van der Waals surface area contributed by atoms with Gasteiger partial charge in [-0.15, -0.1) is 6.58 Å². The average Bonchev–Trinajstić information content (AvgIpc) is 3.22. The van der Waals surface area contributed by atoms with Gasteiger partial charge in [-0.1, -0.05) is 77.5 Å². The third kappa shape index (κ3) is 4.30. The average molecular weight is 397 g/mol. The van der Waals surface area contributed by atoms with E-state index in [1.807, 2.05) is 61.5 Å². The summed E-state index contributed by atoms with van der Waals surface area (Å²) >= 11 is 0. The van der Waals surface area contributed by atoms with Crippen molar-refractivity contribution in [2.45, 2.75) is 19.9 Å². The zero-order valence-electron chi connectivity index (χ0n) is 16.9. The van der Waals surface area contributed by atoms with Gasteiger partial charge in [0.25, 0.3) is 0 Å². The van der Waals surface area contributed by atoms with Crippen molar-refractivity contribution in [1.29, 1.82) is 0 Å². The summed E-state index contributed by atoms with van der Waals surface area (Å²) in [5.74, 6) is 0.912. The molecule has 0 unspecified atom stereocenters. The van der Waals surface area contributed by atoms with Crippen LogP contribution in [0.4, 0.5) is 0 Å². The molecule has 5 nitrogen and oxygen atoms in total. The predicted molar refractivity (Wildman–Crippen MR) is 118 cm³/mol. The van der Waals surface area contributed by atoms with E-state index in [9.17, 15) is 4.79 Å². The SMILES string of the molecule is C=CCN(Cc1nc(-c2cccc(C)c2)no1)C(=O)Cc1cccc2ccccc12. The number of carbonyl (C=O) groups is 1. The van der Waals surface area contributed by atoms with Gasteiger partial charge in [0.1, 0.15) is 6.54 Å². The molecule has 5 heteroatoms. The monoisotopic (exact) mass is 397 g/mol. The number of aryl methyl sites for hydroxylation is 1. The molecule has 0 saturated heterocycles. The Balaban J connectivity index is 1.52. The van der Waals surface area contributed by atoms with Crippen LogP contribution in [-0.4, -0.2) is 27.5 Å². The molecule has 30 heavy (non-hydrogen) atoms. The van der Waals surface area contributed by atoms with Gasteiger partial charge in [0.2, 0.25) is 17.6 Å². The molecule has 0 aliphatic carbocycles. The summed E-state index contributed by atoms with van der Waals surface area (Å²) in [5.41, 5.74) is 3.01. The van der Waals surface area contributed by atoms with Crippen molar-refractivity contribution in [1.82, 2.24) is 15.0 Å². The van der Waals surface area contributed by atoms with Crippen molar-refractivity contribution in [2.75, 3.05) is 6.54 Å². The second-order valence-corrected chi connectivity index (χ2v) is 7.26. The lowest BCUT2D eigenvalue weighted by atomic mass is 10.0. The molecule has 0 bridgehead atoms. The molecular weight excluding hydrogens is 374 g/mol. The third-order valence-electron chi connectivity index (χ3n) is 4.99. The molecule has 1 amide bonds. The normalized spacial score (nSPS) is 10.8. The molecular formula is C25H23N3O2. The number of hydrogen-bond donors (Lipinski definition) is 0. The van der Waals surface area contributed by atoms with Crippen LogP contribution >= 0.6 is 0 Å². The Morgan fingerprint density at radius 3 is 2.73 bits per heavy atom. The van der Waals surface area contributed by atoms with Crippen LogP contribution in [0.15, 0.2) is 83.9 Å². The lowest BCUT2D eigenvalue weighted by Gasteiger charge is -2.19. The highest BCUT2D eigenvalue weighted by atomic mass is 16.5. The fourth-order valence-electron chi connectivity index (χ4n) is 3.52. The number of nitrogens with zero attached hydrogens (tertiary/aromatic N) is 3. The summed E-state index contributed by atoms with van der Waals surface area (Å²) in [6.07, 6.45) is 2.01. The fourth-order valence-corrected chi connectivity index (χ4v) is 3.52. The molecule has 1 aromatic heterocycles. The summed E-state index contributed by atoms with van der Waals surface area (Å²) in [6, 6.07) is 22.0. The predicted octanol–water partition coefficient (Wildman–Crippen LogP) is 4.96. The minimum absolute atomic E-state index is 0.0124. The quantitative estimate of drug-likeness (QED) is 0.414. The van der Waals surface area contributed by atoms with Crippen LogP contribution in [0.2, 0.25) is 0 Å². The van der Waals surface area contributed by atoms with Crippen LogP contribution in [0, 0.1) is 6.92 Å². The van der Waals surface area contributed by atoms with Gasteiger partial charge in [0.05, 0.1) is 6.42 Å². The minimum Gasteiger partial charge on any atom is -0.337 e. The first-order chi connectivity index (χ1) is 14.6. The van der Waals surface area contributed by atoms with Crippen molar-refractivity contribution >= 4 is 16.7 Å². The number of fused-ring (bicyclic) bond motifs is 1. The lowest BCUT2D eigenvalue weighted by Crippen LogP contribution is -2.32. The summed E-state index contributed by atoms with van der Waals surface area (Å²) in [5, 5.41) is 6.29. The molecule has 0 aliphatic rings. The maximum atomic E-state index is 13.1. The van der Waals surface area contributed by atoms with Gasteiger partial charge in [-0.05, 0) is 29.3 Å². The summed E-state index contributed by atoms with van der Waals surface area (Å²) in [7, 11) is 0. The van der Waals surface area contributed by atoms with Crippen LogP contribution in [0.1, 0.15) is 17.0 Å². The standard InChI is InChI=1S/C25H23N3O2/c1-3-14-28(17-23-26-25(27-30-23)21-12-6-8-18(2)15-21)24(29)16-20-11-7-10-19-9-4-5-13-22(19)20/h3-13,15H,1,14,16-17H2,2H3. The highest BCUT2D eigenvalue weighted by molar-refractivity contribution is 5.90. The second-order valence-electron chi connectivity index (χ2n) is 7.26. The molecule has 1 heterocycles. The zero-order chi connectivity index (χ0) is 20.9. The van der Waals surface area contributed by atoms with E-state index in [1.54, 1.807) is 11.0 Å². The number of amides is 1. The van der Waals surface area contributed by atoms with E-state index in [0.717, 1.165) is 27.5 Å². The highest BCUT2D eigenvalue weighted by Crippen LogP contribution is 2.21. The Kier molecular flexibility index (Phi) is 5.70. The summed E-state index contributed by atoms with van der Waals surface area (Å²) in [6.45, 7) is 6.45. The van der Waals surface area contributed by atoms with Gasteiger partial charge in [0.15, 0.2) is 0 Å². The van der Waals surface area contributed by atoms with Crippen molar-refractivity contribution < 1.29 is 9.32 Å². The van der Waals surface area contributed by atoms with Crippen molar-refractivity contribution in [3.8, 4) is 11.4 Å². The summed E-state index contributed by atoms with van der Waals surface area (Å²) in [4.78, 5) is 19.2. The first-order valence-corrected chi connectivity index (χ1v) is 9.89. The van der Waals surface area contributed by atoms with Crippen LogP contribution in [0.25, 0.3) is 22.2 Å². The number of hydrogen-bond acceptors (Lipinski definition) is 4. The fraction of sp³-hybridized carbons (Fsp3) is 0.160.